The lowest BCUT2D eigenvalue weighted by atomic mass is 10.2. The third-order valence-electron chi connectivity index (χ3n) is 2.29. The van der Waals surface area contributed by atoms with Gasteiger partial charge in [0, 0.05) is 12.7 Å². The molecule has 0 aromatic carbocycles. The minimum absolute atomic E-state index is 0.368. The van der Waals surface area contributed by atoms with Crippen LogP contribution in [0.3, 0.4) is 0 Å². The molecule has 0 atom stereocenters. The third kappa shape index (κ3) is 4.40. The molecule has 1 rings (SSSR count). The maximum atomic E-state index is 11.5. The molecular weight excluding hydrogens is 218 g/mol. The highest BCUT2D eigenvalue weighted by Gasteiger charge is 2.11. The van der Waals surface area contributed by atoms with Gasteiger partial charge in [-0.25, -0.2) is 9.78 Å². The van der Waals surface area contributed by atoms with Crippen LogP contribution in [0, 0.1) is 0 Å². The molecule has 0 aliphatic carbocycles. The second kappa shape index (κ2) is 7.62. The molecule has 1 aromatic heterocycles. The lowest BCUT2D eigenvalue weighted by Crippen LogP contribution is -2.18. The second-order valence-corrected chi connectivity index (χ2v) is 3.53. The first-order valence-corrected chi connectivity index (χ1v) is 5.77. The van der Waals surface area contributed by atoms with Crippen molar-refractivity contribution in [3.63, 3.8) is 0 Å². The first-order chi connectivity index (χ1) is 8.29. The number of carbonyl (C=O) groups excluding carboxylic acids is 1. The number of methoxy groups -OCH3 is 1. The van der Waals surface area contributed by atoms with Crippen LogP contribution in [-0.4, -0.2) is 37.7 Å². The molecule has 0 amide bonds. The first-order valence-electron chi connectivity index (χ1n) is 5.77. The Balaban J connectivity index is 2.49. The van der Waals surface area contributed by atoms with Gasteiger partial charge in [0.2, 0.25) is 0 Å². The third-order valence-corrected chi connectivity index (χ3v) is 2.29. The van der Waals surface area contributed by atoms with Crippen molar-refractivity contribution in [2.45, 2.75) is 13.3 Å². The Labute approximate surface area is 102 Å². The molecule has 2 N–H and O–H groups in total. The molecule has 5 heteroatoms. The number of ether oxygens (including phenoxy) is 1. The summed E-state index contributed by atoms with van der Waals surface area (Å²) < 4.78 is 4.69. The zero-order valence-electron chi connectivity index (χ0n) is 10.3. The Morgan fingerprint density at radius 2 is 2.29 bits per heavy atom. The standard InChI is InChI=1S/C12H19N3O2/c1-3-13-7-5-9-15-11-10(12(16)17-2)6-4-8-14-11/h4,6,8,13H,3,5,7,9H2,1-2H3,(H,14,15). The number of rotatable bonds is 7. The van der Waals surface area contributed by atoms with Crippen molar-refractivity contribution in [3.8, 4) is 0 Å². The number of anilines is 1. The zero-order chi connectivity index (χ0) is 12.5. The minimum Gasteiger partial charge on any atom is -0.465 e. The number of hydrogen-bond acceptors (Lipinski definition) is 5. The smallest absolute Gasteiger partial charge is 0.341 e. The predicted molar refractivity (Wildman–Crippen MR) is 67.2 cm³/mol. The van der Waals surface area contributed by atoms with Crippen LogP contribution in [0.1, 0.15) is 23.7 Å². The molecule has 0 radical (unpaired) electrons. The lowest BCUT2D eigenvalue weighted by Gasteiger charge is -2.09. The van der Waals surface area contributed by atoms with Crippen molar-refractivity contribution < 1.29 is 9.53 Å². The summed E-state index contributed by atoms with van der Waals surface area (Å²) in [5.74, 6) is 0.211. The number of hydrogen-bond donors (Lipinski definition) is 2. The maximum Gasteiger partial charge on any atom is 0.341 e. The van der Waals surface area contributed by atoms with E-state index >= 15 is 0 Å². The molecule has 0 saturated heterocycles. The average Bonchev–Trinajstić information content (AvgIpc) is 2.38. The van der Waals surface area contributed by atoms with E-state index in [-0.39, 0.29) is 5.97 Å². The highest BCUT2D eigenvalue weighted by molar-refractivity contribution is 5.94. The Morgan fingerprint density at radius 1 is 1.47 bits per heavy atom. The fourth-order valence-electron chi connectivity index (χ4n) is 1.42. The van der Waals surface area contributed by atoms with Gasteiger partial charge in [0.1, 0.15) is 11.4 Å². The summed E-state index contributed by atoms with van der Waals surface area (Å²) in [4.78, 5) is 15.6. The van der Waals surface area contributed by atoms with Crippen LogP contribution in [0.2, 0.25) is 0 Å². The Kier molecular flexibility index (Phi) is 6.03. The molecule has 1 aromatic rings. The maximum absolute atomic E-state index is 11.5. The fourth-order valence-corrected chi connectivity index (χ4v) is 1.42. The van der Waals surface area contributed by atoms with Gasteiger partial charge in [0.05, 0.1) is 7.11 Å². The average molecular weight is 237 g/mol. The monoisotopic (exact) mass is 237 g/mol. The minimum atomic E-state index is -0.368. The summed E-state index contributed by atoms with van der Waals surface area (Å²) in [6.45, 7) is 4.76. The van der Waals surface area contributed by atoms with Crippen molar-refractivity contribution >= 4 is 11.8 Å². The van der Waals surface area contributed by atoms with Crippen molar-refractivity contribution in [2.24, 2.45) is 0 Å². The van der Waals surface area contributed by atoms with E-state index in [1.165, 1.54) is 7.11 Å². The molecule has 5 nitrogen and oxygen atoms in total. The molecule has 0 unspecified atom stereocenters. The van der Waals surface area contributed by atoms with Gasteiger partial charge in [0.25, 0.3) is 0 Å². The van der Waals surface area contributed by atoms with Crippen molar-refractivity contribution in [2.75, 3.05) is 32.1 Å². The van der Waals surface area contributed by atoms with Crippen LogP contribution >= 0.6 is 0 Å². The quantitative estimate of drug-likeness (QED) is 0.552. The molecule has 94 valence electrons. The Bertz CT molecular complexity index is 355. The van der Waals surface area contributed by atoms with Crippen molar-refractivity contribution in [1.82, 2.24) is 10.3 Å². The number of esters is 1. The van der Waals surface area contributed by atoms with Crippen LogP contribution in [-0.2, 0) is 4.74 Å². The summed E-state index contributed by atoms with van der Waals surface area (Å²) in [5.41, 5.74) is 0.471. The fraction of sp³-hybridized carbons (Fsp3) is 0.500. The van der Waals surface area contributed by atoms with Crippen LogP contribution in [0.5, 0.6) is 0 Å². The summed E-state index contributed by atoms with van der Waals surface area (Å²) in [6.07, 6.45) is 2.63. The van der Waals surface area contributed by atoms with E-state index in [1.807, 2.05) is 0 Å². The van der Waals surface area contributed by atoms with Gasteiger partial charge in [-0.1, -0.05) is 6.92 Å². The van der Waals surface area contributed by atoms with E-state index in [9.17, 15) is 4.79 Å². The topological polar surface area (TPSA) is 63.2 Å². The second-order valence-electron chi connectivity index (χ2n) is 3.53. The van der Waals surface area contributed by atoms with Crippen LogP contribution in [0.15, 0.2) is 18.3 Å². The van der Waals surface area contributed by atoms with E-state index in [0.29, 0.717) is 11.4 Å². The Hall–Kier alpha value is -1.62. The molecule has 0 aliphatic rings. The molecule has 0 saturated carbocycles. The molecule has 0 spiro atoms. The van der Waals surface area contributed by atoms with E-state index in [1.54, 1.807) is 18.3 Å². The molecule has 0 bridgehead atoms. The number of pyridine rings is 1. The summed E-state index contributed by atoms with van der Waals surface area (Å²) in [7, 11) is 1.37. The van der Waals surface area contributed by atoms with Crippen molar-refractivity contribution in [1.29, 1.82) is 0 Å². The first kappa shape index (κ1) is 13.4. The van der Waals surface area contributed by atoms with Crippen LogP contribution in [0.25, 0.3) is 0 Å². The van der Waals surface area contributed by atoms with E-state index < -0.39 is 0 Å². The molecule has 0 fully saturated rings. The number of carbonyl (C=O) groups is 1. The van der Waals surface area contributed by atoms with Gasteiger partial charge < -0.3 is 15.4 Å². The van der Waals surface area contributed by atoms with Gasteiger partial charge in [-0.05, 0) is 31.6 Å². The summed E-state index contributed by atoms with van der Waals surface area (Å²) >= 11 is 0. The molecule has 1 heterocycles. The lowest BCUT2D eigenvalue weighted by molar-refractivity contribution is 0.0601. The number of nitrogens with zero attached hydrogens (tertiary/aromatic N) is 1. The van der Waals surface area contributed by atoms with Crippen molar-refractivity contribution in [3.05, 3.63) is 23.9 Å². The normalized spacial score (nSPS) is 10.0. The van der Waals surface area contributed by atoms with E-state index in [4.69, 9.17) is 4.74 Å². The highest BCUT2D eigenvalue weighted by atomic mass is 16.5. The number of aromatic nitrogens is 1. The van der Waals surface area contributed by atoms with Crippen LogP contribution < -0.4 is 10.6 Å². The molecule has 0 aliphatic heterocycles. The van der Waals surface area contributed by atoms with E-state index in [2.05, 4.69) is 22.5 Å². The van der Waals surface area contributed by atoms with Gasteiger partial charge in [0.15, 0.2) is 0 Å². The SMILES string of the molecule is CCNCCCNc1ncccc1C(=O)OC. The number of nitrogens with one attached hydrogen (secondary N) is 2. The van der Waals surface area contributed by atoms with Crippen LogP contribution in [0.4, 0.5) is 5.82 Å². The highest BCUT2D eigenvalue weighted by Crippen LogP contribution is 2.12. The zero-order valence-corrected chi connectivity index (χ0v) is 10.3. The molecular formula is C12H19N3O2. The Morgan fingerprint density at radius 3 is 3.00 bits per heavy atom. The largest absolute Gasteiger partial charge is 0.465 e. The molecule has 17 heavy (non-hydrogen) atoms. The van der Waals surface area contributed by atoms with Gasteiger partial charge in [-0.2, -0.15) is 0 Å². The van der Waals surface area contributed by atoms with Gasteiger partial charge >= 0.3 is 5.97 Å². The van der Waals surface area contributed by atoms with Gasteiger partial charge in [-0.3, -0.25) is 0 Å². The summed E-state index contributed by atoms with van der Waals surface area (Å²) in [5, 5.41) is 6.37. The summed E-state index contributed by atoms with van der Waals surface area (Å²) in [6, 6.07) is 3.42. The predicted octanol–water partition coefficient (Wildman–Crippen LogP) is 1.28. The van der Waals surface area contributed by atoms with E-state index in [0.717, 1.165) is 26.1 Å². The van der Waals surface area contributed by atoms with Gasteiger partial charge in [-0.15, -0.1) is 0 Å².